The standard InChI is InChI=1S/C14H24N2Si/c1-7-12-8-10-13(11-9-12)17-14(2,15(3)4)16(5)6/h7-11H,1,17H2,2-6H3. The monoisotopic (exact) mass is 248 g/mol. The van der Waals surface area contributed by atoms with Crippen LogP contribution in [0.2, 0.25) is 0 Å². The molecule has 0 aliphatic heterocycles. The van der Waals surface area contributed by atoms with Crippen molar-refractivity contribution in [3.05, 3.63) is 36.4 Å². The van der Waals surface area contributed by atoms with Gasteiger partial charge >= 0.3 is 0 Å². The highest BCUT2D eigenvalue weighted by molar-refractivity contribution is 6.56. The van der Waals surface area contributed by atoms with Crippen molar-refractivity contribution in [3.63, 3.8) is 0 Å². The number of hydrogen-bond donors (Lipinski definition) is 0. The summed E-state index contributed by atoms with van der Waals surface area (Å²) in [5.41, 5.74) is 1.19. The predicted octanol–water partition coefficient (Wildman–Crippen LogP) is 0.921. The van der Waals surface area contributed by atoms with Gasteiger partial charge in [0.1, 0.15) is 0 Å². The topological polar surface area (TPSA) is 6.48 Å². The summed E-state index contributed by atoms with van der Waals surface area (Å²) in [6, 6.07) is 8.80. The minimum atomic E-state index is -0.395. The van der Waals surface area contributed by atoms with E-state index in [0.717, 1.165) is 0 Å². The summed E-state index contributed by atoms with van der Waals surface area (Å²) in [5.74, 6) is 0. The molecular weight excluding hydrogens is 224 g/mol. The molecule has 17 heavy (non-hydrogen) atoms. The van der Waals surface area contributed by atoms with Gasteiger partial charge in [0.05, 0.1) is 14.8 Å². The molecule has 0 aromatic heterocycles. The van der Waals surface area contributed by atoms with Crippen LogP contribution in [-0.2, 0) is 0 Å². The van der Waals surface area contributed by atoms with Crippen molar-refractivity contribution in [1.82, 2.24) is 9.80 Å². The average molecular weight is 248 g/mol. The Hall–Kier alpha value is -0.903. The van der Waals surface area contributed by atoms with Gasteiger partial charge in [0.2, 0.25) is 0 Å². The molecule has 0 radical (unpaired) electrons. The van der Waals surface area contributed by atoms with Crippen molar-refractivity contribution >= 4 is 20.8 Å². The van der Waals surface area contributed by atoms with Crippen molar-refractivity contribution in [2.75, 3.05) is 28.2 Å². The number of hydrogen-bond acceptors (Lipinski definition) is 2. The maximum atomic E-state index is 3.79. The molecule has 0 saturated heterocycles. The molecule has 1 aromatic rings. The van der Waals surface area contributed by atoms with E-state index in [9.17, 15) is 0 Å². The van der Waals surface area contributed by atoms with Crippen LogP contribution in [0.1, 0.15) is 12.5 Å². The van der Waals surface area contributed by atoms with E-state index >= 15 is 0 Å². The molecule has 0 amide bonds. The minimum Gasteiger partial charge on any atom is -0.295 e. The van der Waals surface area contributed by atoms with E-state index < -0.39 is 9.52 Å². The fraction of sp³-hybridized carbons (Fsp3) is 0.429. The van der Waals surface area contributed by atoms with Gasteiger partial charge in [-0.25, -0.2) is 0 Å². The first kappa shape index (κ1) is 14.2. The first-order valence-corrected chi connectivity index (χ1v) is 7.38. The summed E-state index contributed by atoms with van der Waals surface area (Å²) in [6.45, 7) is 6.11. The van der Waals surface area contributed by atoms with Gasteiger partial charge in [-0.05, 0) is 40.7 Å². The summed E-state index contributed by atoms with van der Waals surface area (Å²) in [4.78, 5) is 4.64. The van der Waals surface area contributed by atoms with Crippen molar-refractivity contribution < 1.29 is 0 Å². The molecule has 94 valence electrons. The second-order valence-corrected chi connectivity index (χ2v) is 7.64. The maximum Gasteiger partial charge on any atom is 0.0958 e. The highest BCUT2D eigenvalue weighted by atomic mass is 28.2. The molecule has 0 unspecified atom stereocenters. The Morgan fingerprint density at radius 3 is 1.88 bits per heavy atom. The summed E-state index contributed by atoms with van der Waals surface area (Å²) < 4.78 is 0. The fourth-order valence-electron chi connectivity index (χ4n) is 1.87. The first-order valence-electron chi connectivity index (χ1n) is 5.96. The predicted molar refractivity (Wildman–Crippen MR) is 80.5 cm³/mol. The number of benzene rings is 1. The molecular formula is C14H24N2Si. The molecule has 0 aliphatic rings. The third kappa shape index (κ3) is 3.28. The van der Waals surface area contributed by atoms with Crippen molar-refractivity contribution in [2.24, 2.45) is 0 Å². The molecule has 0 aliphatic carbocycles. The Bertz CT molecular complexity index is 360. The van der Waals surface area contributed by atoms with Crippen molar-refractivity contribution in [2.45, 2.75) is 12.2 Å². The third-order valence-corrected chi connectivity index (χ3v) is 6.50. The largest absolute Gasteiger partial charge is 0.295 e. The Balaban J connectivity index is 2.90. The molecule has 0 fully saturated rings. The van der Waals surface area contributed by atoms with Gasteiger partial charge in [0.25, 0.3) is 0 Å². The molecule has 0 heterocycles. The highest BCUT2D eigenvalue weighted by Gasteiger charge is 2.29. The van der Waals surface area contributed by atoms with Gasteiger partial charge in [0.15, 0.2) is 0 Å². The zero-order valence-electron chi connectivity index (χ0n) is 11.7. The zero-order valence-corrected chi connectivity index (χ0v) is 13.1. The maximum absolute atomic E-state index is 3.79. The van der Waals surface area contributed by atoms with Gasteiger partial charge in [0, 0.05) is 0 Å². The van der Waals surface area contributed by atoms with Crippen LogP contribution in [0.15, 0.2) is 30.8 Å². The molecule has 1 rings (SSSR count). The normalized spacial score (nSPS) is 12.9. The van der Waals surface area contributed by atoms with Crippen LogP contribution in [0.25, 0.3) is 6.08 Å². The van der Waals surface area contributed by atoms with Crippen LogP contribution in [0.3, 0.4) is 0 Å². The van der Waals surface area contributed by atoms with E-state index in [2.05, 4.69) is 75.8 Å². The molecule has 0 saturated carbocycles. The van der Waals surface area contributed by atoms with E-state index in [0.29, 0.717) is 0 Å². The van der Waals surface area contributed by atoms with E-state index in [1.807, 2.05) is 6.08 Å². The molecule has 0 atom stereocenters. The lowest BCUT2D eigenvalue weighted by molar-refractivity contribution is 0.101. The van der Waals surface area contributed by atoms with E-state index in [4.69, 9.17) is 0 Å². The van der Waals surface area contributed by atoms with Gasteiger partial charge in [-0.15, -0.1) is 0 Å². The summed E-state index contributed by atoms with van der Waals surface area (Å²) >= 11 is 0. The summed E-state index contributed by atoms with van der Waals surface area (Å²) in [7, 11) is 8.24. The van der Waals surface area contributed by atoms with Crippen LogP contribution >= 0.6 is 0 Å². The first-order chi connectivity index (χ1) is 7.90. The average Bonchev–Trinajstić information content (AvgIpc) is 2.29. The number of nitrogens with zero attached hydrogens (tertiary/aromatic N) is 2. The second-order valence-electron chi connectivity index (χ2n) is 5.13. The SMILES string of the molecule is C=Cc1ccc([SiH2]C(C)(N(C)C)N(C)C)cc1. The van der Waals surface area contributed by atoms with E-state index in [1.165, 1.54) is 10.8 Å². The fourth-order valence-corrected chi connectivity index (χ4v) is 3.75. The Kier molecular flexibility index (Phi) is 4.68. The summed E-state index contributed by atoms with van der Waals surface area (Å²) in [5, 5.41) is 1.66. The van der Waals surface area contributed by atoms with Crippen LogP contribution in [0.4, 0.5) is 0 Å². The molecule has 3 heteroatoms. The lowest BCUT2D eigenvalue weighted by Crippen LogP contribution is -2.60. The Morgan fingerprint density at radius 2 is 1.53 bits per heavy atom. The van der Waals surface area contributed by atoms with Crippen LogP contribution in [0, 0.1) is 0 Å². The van der Waals surface area contributed by atoms with E-state index in [-0.39, 0.29) is 5.29 Å². The third-order valence-electron chi connectivity index (χ3n) is 3.68. The smallest absolute Gasteiger partial charge is 0.0958 e. The summed E-state index contributed by atoms with van der Waals surface area (Å²) in [6.07, 6.45) is 1.89. The zero-order chi connectivity index (χ0) is 13.1. The Labute approximate surface area is 108 Å². The van der Waals surface area contributed by atoms with Gasteiger partial charge in [-0.1, -0.05) is 42.1 Å². The minimum absolute atomic E-state index is 0.176. The highest BCUT2D eigenvalue weighted by Crippen LogP contribution is 2.12. The van der Waals surface area contributed by atoms with Crippen molar-refractivity contribution in [3.8, 4) is 0 Å². The number of rotatable bonds is 5. The quantitative estimate of drug-likeness (QED) is 0.565. The molecule has 0 spiro atoms. The van der Waals surface area contributed by atoms with E-state index in [1.54, 1.807) is 0 Å². The van der Waals surface area contributed by atoms with Crippen molar-refractivity contribution in [1.29, 1.82) is 0 Å². The lowest BCUT2D eigenvalue weighted by Gasteiger charge is -2.42. The Morgan fingerprint density at radius 1 is 1.06 bits per heavy atom. The van der Waals surface area contributed by atoms with Gasteiger partial charge < -0.3 is 0 Å². The van der Waals surface area contributed by atoms with Crippen LogP contribution in [0.5, 0.6) is 0 Å². The van der Waals surface area contributed by atoms with Gasteiger partial charge in [-0.2, -0.15) is 0 Å². The van der Waals surface area contributed by atoms with Gasteiger partial charge in [-0.3, -0.25) is 9.80 Å². The lowest BCUT2D eigenvalue weighted by atomic mass is 10.2. The second kappa shape index (κ2) is 5.62. The van der Waals surface area contributed by atoms with Crippen LogP contribution in [-0.4, -0.2) is 52.8 Å². The molecule has 0 N–H and O–H groups in total. The molecule has 1 aromatic carbocycles. The molecule has 2 nitrogen and oxygen atoms in total. The van der Waals surface area contributed by atoms with Crippen LogP contribution < -0.4 is 5.19 Å². The molecule has 0 bridgehead atoms.